The zero-order valence-corrected chi connectivity index (χ0v) is 8.96. The summed E-state index contributed by atoms with van der Waals surface area (Å²) in [6, 6.07) is 12.0. The third-order valence-corrected chi connectivity index (χ3v) is 3.15. The highest BCUT2D eigenvalue weighted by Crippen LogP contribution is 2.29. The minimum Gasteiger partial charge on any atom is -0.369 e. The van der Waals surface area contributed by atoms with Gasteiger partial charge in [-0.1, -0.05) is 30.3 Å². The van der Waals surface area contributed by atoms with Crippen molar-refractivity contribution in [2.24, 2.45) is 5.73 Å². The minimum atomic E-state index is -0.286. The van der Waals surface area contributed by atoms with E-state index in [1.54, 1.807) is 11.3 Å². The second kappa shape index (κ2) is 4.28. The second-order valence-electron chi connectivity index (χ2n) is 3.28. The van der Waals surface area contributed by atoms with Gasteiger partial charge in [0.2, 0.25) is 5.91 Å². The zero-order valence-electron chi connectivity index (χ0n) is 8.14. The monoisotopic (exact) mass is 217 g/mol. The van der Waals surface area contributed by atoms with E-state index in [1.807, 2.05) is 41.8 Å². The van der Waals surface area contributed by atoms with Crippen molar-refractivity contribution >= 4 is 17.2 Å². The number of amides is 1. The van der Waals surface area contributed by atoms with Crippen molar-refractivity contribution in [2.75, 3.05) is 0 Å². The lowest BCUT2D eigenvalue weighted by atomic mass is 10.1. The van der Waals surface area contributed by atoms with Crippen LogP contribution < -0.4 is 5.73 Å². The predicted octanol–water partition coefficient (Wildman–Crippen LogP) is 2.44. The van der Waals surface area contributed by atoms with E-state index in [4.69, 9.17) is 5.73 Å². The quantitative estimate of drug-likeness (QED) is 0.843. The Balaban J connectivity index is 2.37. The molecule has 0 unspecified atom stereocenters. The van der Waals surface area contributed by atoms with Crippen LogP contribution in [0, 0.1) is 0 Å². The molecule has 2 aromatic rings. The minimum absolute atomic E-state index is 0.286. The Labute approximate surface area is 92.4 Å². The Morgan fingerprint density at radius 1 is 1.20 bits per heavy atom. The smallest absolute Gasteiger partial charge is 0.221 e. The van der Waals surface area contributed by atoms with Crippen molar-refractivity contribution in [3.63, 3.8) is 0 Å². The number of primary amides is 1. The van der Waals surface area contributed by atoms with Gasteiger partial charge in [0, 0.05) is 4.88 Å². The van der Waals surface area contributed by atoms with Crippen LogP contribution in [0.3, 0.4) is 0 Å². The van der Waals surface area contributed by atoms with Crippen molar-refractivity contribution < 1.29 is 4.79 Å². The maximum Gasteiger partial charge on any atom is 0.221 e. The predicted molar refractivity (Wildman–Crippen MR) is 62.7 cm³/mol. The number of thiophene rings is 1. The fourth-order valence-electron chi connectivity index (χ4n) is 1.51. The van der Waals surface area contributed by atoms with Gasteiger partial charge in [0.1, 0.15) is 0 Å². The van der Waals surface area contributed by atoms with E-state index in [-0.39, 0.29) is 5.91 Å². The maximum atomic E-state index is 10.9. The van der Waals surface area contributed by atoms with E-state index < -0.39 is 0 Å². The summed E-state index contributed by atoms with van der Waals surface area (Å²) in [5, 5.41) is 1.99. The van der Waals surface area contributed by atoms with Crippen LogP contribution in [-0.2, 0) is 11.2 Å². The summed E-state index contributed by atoms with van der Waals surface area (Å²) in [5.41, 5.74) is 7.35. The molecule has 15 heavy (non-hydrogen) atoms. The summed E-state index contributed by atoms with van der Waals surface area (Å²) in [6.07, 6.45) is 0.313. The molecule has 0 radical (unpaired) electrons. The van der Waals surface area contributed by atoms with Crippen LogP contribution in [0.5, 0.6) is 0 Å². The van der Waals surface area contributed by atoms with Crippen LogP contribution in [-0.4, -0.2) is 5.91 Å². The molecule has 0 bridgehead atoms. The normalized spacial score (nSPS) is 10.1. The van der Waals surface area contributed by atoms with E-state index in [2.05, 4.69) is 0 Å². The molecule has 0 atom stereocenters. The zero-order chi connectivity index (χ0) is 10.7. The van der Waals surface area contributed by atoms with Crippen molar-refractivity contribution in [3.8, 4) is 10.4 Å². The number of rotatable bonds is 3. The number of hydrogen-bond acceptors (Lipinski definition) is 2. The van der Waals surface area contributed by atoms with Crippen LogP contribution in [0.1, 0.15) is 5.56 Å². The number of carbonyl (C=O) groups is 1. The lowest BCUT2D eigenvalue weighted by molar-refractivity contribution is -0.117. The molecule has 1 amide bonds. The van der Waals surface area contributed by atoms with Gasteiger partial charge in [0.25, 0.3) is 0 Å². The average Bonchev–Trinajstić information content (AvgIpc) is 2.66. The average molecular weight is 217 g/mol. The fraction of sp³-hybridized carbons (Fsp3) is 0.0833. The topological polar surface area (TPSA) is 43.1 Å². The van der Waals surface area contributed by atoms with E-state index in [0.717, 1.165) is 16.0 Å². The van der Waals surface area contributed by atoms with E-state index in [0.29, 0.717) is 6.42 Å². The first kappa shape index (κ1) is 9.93. The molecule has 0 saturated carbocycles. The SMILES string of the molecule is NC(=O)Cc1ccsc1-c1ccccc1. The van der Waals surface area contributed by atoms with Crippen molar-refractivity contribution in [3.05, 3.63) is 47.3 Å². The summed E-state index contributed by atoms with van der Waals surface area (Å²) in [5.74, 6) is -0.286. The van der Waals surface area contributed by atoms with Gasteiger partial charge < -0.3 is 5.73 Å². The van der Waals surface area contributed by atoms with Crippen molar-refractivity contribution in [2.45, 2.75) is 6.42 Å². The van der Waals surface area contributed by atoms with Gasteiger partial charge in [-0.15, -0.1) is 11.3 Å². The molecule has 1 aromatic carbocycles. The van der Waals surface area contributed by atoms with Gasteiger partial charge in [-0.3, -0.25) is 4.79 Å². The fourth-order valence-corrected chi connectivity index (χ4v) is 2.44. The highest BCUT2D eigenvalue weighted by Gasteiger charge is 2.08. The van der Waals surface area contributed by atoms with Gasteiger partial charge >= 0.3 is 0 Å². The summed E-state index contributed by atoms with van der Waals surface area (Å²) in [4.78, 5) is 12.0. The van der Waals surface area contributed by atoms with Crippen LogP contribution in [0.4, 0.5) is 0 Å². The molecule has 0 aliphatic heterocycles. The van der Waals surface area contributed by atoms with Crippen LogP contribution in [0.25, 0.3) is 10.4 Å². The third kappa shape index (κ3) is 2.25. The second-order valence-corrected chi connectivity index (χ2v) is 4.20. The molecule has 1 aromatic heterocycles. The van der Waals surface area contributed by atoms with Crippen LogP contribution in [0.2, 0.25) is 0 Å². The molecule has 0 aliphatic carbocycles. The summed E-state index contributed by atoms with van der Waals surface area (Å²) >= 11 is 1.64. The van der Waals surface area contributed by atoms with Crippen LogP contribution in [0.15, 0.2) is 41.8 Å². The first-order valence-electron chi connectivity index (χ1n) is 4.67. The number of benzene rings is 1. The maximum absolute atomic E-state index is 10.9. The summed E-state index contributed by atoms with van der Waals surface area (Å²) < 4.78 is 0. The van der Waals surface area contributed by atoms with Gasteiger partial charge in [-0.25, -0.2) is 0 Å². The van der Waals surface area contributed by atoms with Gasteiger partial charge in [0.15, 0.2) is 0 Å². The van der Waals surface area contributed by atoms with E-state index in [9.17, 15) is 4.79 Å². The molecule has 2 nitrogen and oxygen atoms in total. The number of carbonyl (C=O) groups excluding carboxylic acids is 1. The highest BCUT2D eigenvalue weighted by atomic mass is 32.1. The molecule has 0 spiro atoms. The molecule has 0 saturated heterocycles. The number of hydrogen-bond donors (Lipinski definition) is 1. The Bertz CT molecular complexity index is 461. The highest BCUT2D eigenvalue weighted by molar-refractivity contribution is 7.13. The number of nitrogens with two attached hydrogens (primary N) is 1. The lowest BCUT2D eigenvalue weighted by Gasteiger charge is -2.01. The van der Waals surface area contributed by atoms with Gasteiger partial charge in [0.05, 0.1) is 6.42 Å². The molecule has 2 N–H and O–H groups in total. The van der Waals surface area contributed by atoms with Crippen molar-refractivity contribution in [1.29, 1.82) is 0 Å². The molecule has 0 fully saturated rings. The molecular formula is C12H11NOS. The lowest BCUT2D eigenvalue weighted by Crippen LogP contribution is -2.13. The third-order valence-electron chi connectivity index (χ3n) is 2.15. The van der Waals surface area contributed by atoms with Gasteiger partial charge in [-0.2, -0.15) is 0 Å². The van der Waals surface area contributed by atoms with Gasteiger partial charge in [-0.05, 0) is 22.6 Å². The van der Waals surface area contributed by atoms with Crippen LogP contribution >= 0.6 is 11.3 Å². The molecule has 2 rings (SSSR count). The first-order chi connectivity index (χ1) is 7.27. The molecule has 1 heterocycles. The van der Waals surface area contributed by atoms with E-state index >= 15 is 0 Å². The standard InChI is InChI=1S/C12H11NOS/c13-11(14)8-10-6-7-15-12(10)9-4-2-1-3-5-9/h1-7H,8H2,(H2,13,14). The Morgan fingerprint density at radius 2 is 1.93 bits per heavy atom. The molecule has 76 valence electrons. The summed E-state index contributed by atoms with van der Waals surface area (Å²) in [6.45, 7) is 0. The molecular weight excluding hydrogens is 206 g/mol. The first-order valence-corrected chi connectivity index (χ1v) is 5.55. The van der Waals surface area contributed by atoms with Crippen molar-refractivity contribution in [1.82, 2.24) is 0 Å². The Hall–Kier alpha value is -1.61. The summed E-state index contributed by atoms with van der Waals surface area (Å²) in [7, 11) is 0. The Morgan fingerprint density at radius 3 is 2.60 bits per heavy atom. The molecule has 0 aliphatic rings. The largest absolute Gasteiger partial charge is 0.369 e. The Kier molecular flexibility index (Phi) is 2.83. The van der Waals surface area contributed by atoms with E-state index in [1.165, 1.54) is 0 Å². The molecule has 3 heteroatoms.